The van der Waals surface area contributed by atoms with Crippen molar-refractivity contribution in [3.05, 3.63) is 45.9 Å². The van der Waals surface area contributed by atoms with Crippen LogP contribution in [0.4, 0.5) is 0 Å². The van der Waals surface area contributed by atoms with Crippen LogP contribution in [0.3, 0.4) is 0 Å². The summed E-state index contributed by atoms with van der Waals surface area (Å²) >= 11 is 1.72. The largest absolute Gasteiger partial charge is 0.497 e. The van der Waals surface area contributed by atoms with Gasteiger partial charge in [0.1, 0.15) is 5.75 Å². The van der Waals surface area contributed by atoms with Crippen molar-refractivity contribution in [1.29, 1.82) is 0 Å². The summed E-state index contributed by atoms with van der Waals surface area (Å²) in [6.45, 7) is 5.95. The van der Waals surface area contributed by atoms with Crippen molar-refractivity contribution in [3.8, 4) is 5.75 Å². The highest BCUT2D eigenvalue weighted by atomic mass is 32.1. The summed E-state index contributed by atoms with van der Waals surface area (Å²) in [7, 11) is 3.49. The van der Waals surface area contributed by atoms with E-state index < -0.39 is 0 Å². The van der Waals surface area contributed by atoms with Gasteiger partial charge in [-0.25, -0.2) is 4.98 Å². The number of nitrogens with one attached hydrogen (secondary N) is 2. The van der Waals surface area contributed by atoms with Crippen molar-refractivity contribution >= 4 is 17.3 Å². The molecule has 26 heavy (non-hydrogen) atoms. The molecule has 0 bridgehead atoms. The molecule has 1 aromatic carbocycles. The van der Waals surface area contributed by atoms with Gasteiger partial charge in [-0.3, -0.25) is 4.99 Å². The second-order valence-electron chi connectivity index (χ2n) is 6.49. The monoisotopic (exact) mass is 374 g/mol. The number of guanidine groups is 1. The molecule has 142 valence electrons. The molecule has 2 rings (SSSR count). The minimum atomic E-state index is 0.483. The Balaban J connectivity index is 1.63. The highest BCUT2D eigenvalue weighted by Crippen LogP contribution is 2.18. The average molecular weight is 375 g/mol. The first-order chi connectivity index (χ1) is 12.6. The van der Waals surface area contributed by atoms with Crippen molar-refractivity contribution in [2.45, 2.75) is 45.6 Å². The maximum absolute atomic E-state index is 5.18. The second kappa shape index (κ2) is 10.8. The number of methoxy groups -OCH3 is 1. The van der Waals surface area contributed by atoms with E-state index in [1.54, 1.807) is 25.5 Å². The summed E-state index contributed by atoms with van der Waals surface area (Å²) in [5.74, 6) is 2.22. The summed E-state index contributed by atoms with van der Waals surface area (Å²) in [4.78, 5) is 8.91. The Labute approximate surface area is 160 Å². The molecule has 2 N–H and O–H groups in total. The third-order valence-electron chi connectivity index (χ3n) is 4.07. The van der Waals surface area contributed by atoms with Crippen LogP contribution >= 0.6 is 11.3 Å². The molecule has 0 saturated carbocycles. The highest BCUT2D eigenvalue weighted by molar-refractivity contribution is 7.09. The van der Waals surface area contributed by atoms with Gasteiger partial charge in [-0.1, -0.05) is 26.0 Å². The fraction of sp³-hybridized carbons (Fsp3) is 0.500. The lowest BCUT2D eigenvalue weighted by atomic mass is 10.1. The van der Waals surface area contributed by atoms with E-state index in [-0.39, 0.29) is 0 Å². The molecule has 0 spiro atoms. The van der Waals surface area contributed by atoms with Crippen molar-refractivity contribution < 1.29 is 4.74 Å². The molecular formula is C20H30N4OS. The molecule has 0 saturated heterocycles. The van der Waals surface area contributed by atoms with E-state index in [0.29, 0.717) is 12.5 Å². The van der Waals surface area contributed by atoms with Crippen LogP contribution in [0.1, 0.15) is 48.9 Å². The van der Waals surface area contributed by atoms with Crippen LogP contribution in [0, 0.1) is 0 Å². The summed E-state index contributed by atoms with van der Waals surface area (Å²) in [5.41, 5.74) is 2.42. The first-order valence-electron chi connectivity index (χ1n) is 9.14. The van der Waals surface area contributed by atoms with Gasteiger partial charge >= 0.3 is 0 Å². The lowest BCUT2D eigenvalue weighted by molar-refractivity contribution is 0.414. The minimum Gasteiger partial charge on any atom is -0.497 e. The lowest BCUT2D eigenvalue weighted by Crippen LogP contribution is -2.37. The molecule has 0 aliphatic carbocycles. The Hall–Kier alpha value is -2.08. The Bertz CT molecular complexity index is 679. The summed E-state index contributed by atoms with van der Waals surface area (Å²) < 4.78 is 5.18. The van der Waals surface area contributed by atoms with Gasteiger partial charge in [0.25, 0.3) is 0 Å². The zero-order valence-corrected chi connectivity index (χ0v) is 17.0. The first-order valence-corrected chi connectivity index (χ1v) is 10.0. The predicted octanol–water partition coefficient (Wildman–Crippen LogP) is 3.96. The molecule has 5 nitrogen and oxygen atoms in total. The van der Waals surface area contributed by atoms with E-state index in [1.807, 2.05) is 12.1 Å². The molecule has 0 aliphatic heterocycles. The zero-order chi connectivity index (χ0) is 18.8. The zero-order valence-electron chi connectivity index (χ0n) is 16.2. The van der Waals surface area contributed by atoms with Crippen LogP contribution in [0.15, 0.2) is 34.6 Å². The standard InChI is InChI=1S/C20H30N4OS/c1-15(2)19-24-17(14-26-19)13-23-20(21-3)22-12-6-5-7-16-8-10-18(25-4)11-9-16/h8-11,14-15H,5-7,12-13H2,1-4H3,(H2,21,22,23). The van der Waals surface area contributed by atoms with Gasteiger partial charge in [0.2, 0.25) is 0 Å². The quantitative estimate of drug-likeness (QED) is 0.396. The molecule has 0 amide bonds. The SMILES string of the molecule is CN=C(NCCCCc1ccc(OC)cc1)NCc1csc(C(C)C)n1. The molecule has 2 aromatic rings. The third kappa shape index (κ3) is 6.67. The van der Waals surface area contributed by atoms with E-state index in [0.717, 1.165) is 43.2 Å². The number of ether oxygens (including phenoxy) is 1. The maximum atomic E-state index is 5.18. The molecule has 0 radical (unpaired) electrons. The Kier molecular flexibility index (Phi) is 8.41. The number of hydrogen-bond acceptors (Lipinski definition) is 4. The molecule has 1 aromatic heterocycles. The summed E-state index contributed by atoms with van der Waals surface area (Å²) in [5, 5.41) is 10.00. The van der Waals surface area contributed by atoms with E-state index in [1.165, 1.54) is 10.6 Å². The van der Waals surface area contributed by atoms with Gasteiger partial charge in [-0.05, 0) is 37.0 Å². The van der Waals surface area contributed by atoms with E-state index in [9.17, 15) is 0 Å². The van der Waals surface area contributed by atoms with Gasteiger partial charge in [0, 0.05) is 24.9 Å². The fourth-order valence-electron chi connectivity index (χ4n) is 2.52. The van der Waals surface area contributed by atoms with E-state index in [2.05, 4.69) is 52.0 Å². The Morgan fingerprint density at radius 1 is 1.19 bits per heavy atom. The van der Waals surface area contributed by atoms with Crippen LogP contribution in [0.2, 0.25) is 0 Å². The maximum Gasteiger partial charge on any atom is 0.191 e. The number of aliphatic imine (C=N–C) groups is 1. The smallest absolute Gasteiger partial charge is 0.191 e. The Morgan fingerprint density at radius 3 is 2.58 bits per heavy atom. The molecule has 0 aliphatic rings. The van der Waals surface area contributed by atoms with E-state index >= 15 is 0 Å². The summed E-state index contributed by atoms with van der Waals surface area (Å²) in [6, 6.07) is 8.29. The normalized spacial score (nSPS) is 11.7. The van der Waals surface area contributed by atoms with Crippen LogP contribution in [-0.2, 0) is 13.0 Å². The summed E-state index contributed by atoms with van der Waals surface area (Å²) in [6.07, 6.45) is 3.32. The number of thiazole rings is 1. The number of nitrogens with zero attached hydrogens (tertiary/aromatic N) is 2. The van der Waals surface area contributed by atoms with Gasteiger partial charge in [0.05, 0.1) is 24.4 Å². The minimum absolute atomic E-state index is 0.483. The lowest BCUT2D eigenvalue weighted by Gasteiger charge is -2.11. The Morgan fingerprint density at radius 2 is 1.96 bits per heavy atom. The van der Waals surface area contributed by atoms with Crippen molar-refractivity contribution in [1.82, 2.24) is 15.6 Å². The molecule has 1 heterocycles. The third-order valence-corrected chi connectivity index (χ3v) is 5.26. The number of unbranched alkanes of at least 4 members (excludes halogenated alkanes) is 1. The van der Waals surface area contributed by atoms with E-state index in [4.69, 9.17) is 4.74 Å². The van der Waals surface area contributed by atoms with Crippen molar-refractivity contribution in [2.75, 3.05) is 20.7 Å². The van der Waals surface area contributed by atoms with Crippen molar-refractivity contribution in [2.24, 2.45) is 4.99 Å². The second-order valence-corrected chi connectivity index (χ2v) is 7.38. The van der Waals surface area contributed by atoms with Gasteiger partial charge in [-0.15, -0.1) is 11.3 Å². The number of aryl methyl sites for hydroxylation is 1. The number of rotatable bonds is 9. The van der Waals surface area contributed by atoms with Crippen LogP contribution in [0.5, 0.6) is 5.75 Å². The molecule has 0 fully saturated rings. The van der Waals surface area contributed by atoms with Gasteiger partial charge in [-0.2, -0.15) is 0 Å². The molecule has 6 heteroatoms. The fourth-order valence-corrected chi connectivity index (χ4v) is 3.35. The van der Waals surface area contributed by atoms with Crippen LogP contribution < -0.4 is 15.4 Å². The molecule has 0 unspecified atom stereocenters. The highest BCUT2D eigenvalue weighted by Gasteiger charge is 2.06. The van der Waals surface area contributed by atoms with Crippen LogP contribution in [0.25, 0.3) is 0 Å². The predicted molar refractivity (Wildman–Crippen MR) is 110 cm³/mol. The number of hydrogen-bond donors (Lipinski definition) is 2. The molecular weight excluding hydrogens is 344 g/mol. The first kappa shape index (κ1) is 20.2. The number of benzene rings is 1. The molecule has 0 atom stereocenters. The van der Waals surface area contributed by atoms with Crippen molar-refractivity contribution in [3.63, 3.8) is 0 Å². The van der Waals surface area contributed by atoms with Gasteiger partial charge < -0.3 is 15.4 Å². The average Bonchev–Trinajstić information content (AvgIpc) is 3.14. The van der Waals surface area contributed by atoms with Crippen LogP contribution in [-0.4, -0.2) is 31.6 Å². The number of aromatic nitrogens is 1. The topological polar surface area (TPSA) is 58.5 Å². The van der Waals surface area contributed by atoms with Gasteiger partial charge in [0.15, 0.2) is 5.96 Å².